The number of hydrogen-bond donors (Lipinski definition) is 0. The Kier molecular flexibility index (Phi) is 11.3. The van der Waals surface area contributed by atoms with Gasteiger partial charge in [0.15, 0.2) is 0 Å². The first kappa shape index (κ1) is 31.4. The van der Waals surface area contributed by atoms with Crippen LogP contribution in [0.25, 0.3) is 0 Å². The van der Waals surface area contributed by atoms with Crippen LogP contribution in [0.15, 0.2) is 42.5 Å². The number of piperidine rings is 1. The molecule has 2 aliphatic heterocycles. The van der Waals surface area contributed by atoms with Crippen molar-refractivity contribution in [2.75, 3.05) is 63.9 Å². The summed E-state index contributed by atoms with van der Waals surface area (Å²) in [4.78, 5) is 30.6. The van der Waals surface area contributed by atoms with Crippen molar-refractivity contribution in [1.82, 2.24) is 9.80 Å². The molecule has 4 rings (SSSR count). The zero-order valence-corrected chi connectivity index (χ0v) is 25.5. The molecule has 0 aliphatic carbocycles. The van der Waals surface area contributed by atoms with Gasteiger partial charge in [-0.25, -0.2) is 0 Å². The Morgan fingerprint density at radius 3 is 2.12 bits per heavy atom. The number of nitro groups is 1. The molecule has 2 aliphatic rings. The third-order valence-corrected chi connectivity index (χ3v) is 7.60. The van der Waals surface area contributed by atoms with Gasteiger partial charge in [-0.1, -0.05) is 27.7 Å². The minimum atomic E-state index is -0.438. The molecule has 0 atom stereocenters. The van der Waals surface area contributed by atoms with Gasteiger partial charge in [0, 0.05) is 82.9 Å². The molecule has 2 aromatic rings. The number of hydrogen-bond acceptors (Lipinski definition) is 8. The second-order valence-electron chi connectivity index (χ2n) is 12.1. The molecule has 42 heavy (non-hydrogen) atoms. The fourth-order valence-corrected chi connectivity index (χ4v) is 5.16. The first-order valence-corrected chi connectivity index (χ1v) is 15.2. The number of anilines is 1. The minimum absolute atomic E-state index is 0.0441. The number of carbonyl (C=O) groups excluding carboxylic acids is 1. The number of benzene rings is 2. The number of amides is 1. The lowest BCUT2D eigenvalue weighted by Gasteiger charge is -2.37. The molecule has 1 amide bonds. The molecule has 0 aromatic heterocycles. The average molecular weight is 583 g/mol. The van der Waals surface area contributed by atoms with Crippen LogP contribution >= 0.6 is 0 Å². The van der Waals surface area contributed by atoms with E-state index in [1.807, 2.05) is 30.9 Å². The smallest absolute Gasteiger partial charge is 0.311 e. The SMILES string of the molecule is CC(C)COc1ccc(N2CCN(CCC(=O)N3CCC(Oc4ccc([N+](=O)[O-])c(OCC(C)C)c4)CC3)CC2)cc1. The van der Waals surface area contributed by atoms with Crippen LogP contribution in [0.5, 0.6) is 17.2 Å². The van der Waals surface area contributed by atoms with Crippen molar-refractivity contribution in [2.45, 2.75) is 53.1 Å². The number of nitro benzene ring substituents is 1. The summed E-state index contributed by atoms with van der Waals surface area (Å²) in [6.07, 6.45) is 1.93. The fraction of sp³-hybridized carbons (Fsp3) is 0.594. The number of piperazine rings is 1. The molecular formula is C32H46N4O6. The van der Waals surface area contributed by atoms with Crippen molar-refractivity contribution in [3.63, 3.8) is 0 Å². The maximum atomic E-state index is 12.9. The first-order chi connectivity index (χ1) is 20.2. The summed E-state index contributed by atoms with van der Waals surface area (Å²) in [5, 5.41) is 11.4. The predicted molar refractivity (Wildman–Crippen MR) is 164 cm³/mol. The van der Waals surface area contributed by atoms with Gasteiger partial charge in [-0.15, -0.1) is 0 Å². The van der Waals surface area contributed by atoms with Crippen LogP contribution in [0, 0.1) is 22.0 Å². The van der Waals surface area contributed by atoms with Crippen LogP contribution in [-0.4, -0.2) is 85.8 Å². The van der Waals surface area contributed by atoms with Crippen LogP contribution in [0.3, 0.4) is 0 Å². The molecule has 2 fully saturated rings. The molecule has 10 heteroatoms. The lowest BCUT2D eigenvalue weighted by Crippen LogP contribution is -2.48. The number of rotatable bonds is 13. The van der Waals surface area contributed by atoms with E-state index in [9.17, 15) is 14.9 Å². The summed E-state index contributed by atoms with van der Waals surface area (Å²) in [5.41, 5.74) is 1.15. The van der Waals surface area contributed by atoms with E-state index in [1.54, 1.807) is 12.1 Å². The Morgan fingerprint density at radius 2 is 1.50 bits per heavy atom. The minimum Gasteiger partial charge on any atom is -0.493 e. The summed E-state index contributed by atoms with van der Waals surface area (Å²) in [6, 6.07) is 13.0. The molecule has 2 saturated heterocycles. The van der Waals surface area contributed by atoms with E-state index in [1.165, 1.54) is 11.8 Å². The van der Waals surface area contributed by atoms with Crippen molar-refractivity contribution < 1.29 is 23.9 Å². The van der Waals surface area contributed by atoms with Gasteiger partial charge in [-0.3, -0.25) is 19.8 Å². The standard InChI is InChI=1S/C32H46N4O6/c1-24(2)22-40-27-7-5-26(6-8-27)34-19-17-33(18-20-34)14-13-32(37)35-15-11-28(12-16-35)42-29-9-10-30(36(38)39)31(21-29)41-23-25(3)4/h5-10,21,24-25,28H,11-20,22-23H2,1-4H3. The van der Waals surface area contributed by atoms with Crippen LogP contribution in [-0.2, 0) is 4.79 Å². The maximum Gasteiger partial charge on any atom is 0.311 e. The molecule has 0 unspecified atom stereocenters. The monoisotopic (exact) mass is 582 g/mol. The normalized spacial score (nSPS) is 16.6. The number of likely N-dealkylation sites (tertiary alicyclic amines) is 1. The molecule has 0 radical (unpaired) electrons. The summed E-state index contributed by atoms with van der Waals surface area (Å²) in [7, 11) is 0. The van der Waals surface area contributed by atoms with Gasteiger partial charge in [0.25, 0.3) is 0 Å². The maximum absolute atomic E-state index is 12.9. The average Bonchev–Trinajstić information content (AvgIpc) is 2.98. The van der Waals surface area contributed by atoms with Gasteiger partial charge in [0.05, 0.1) is 18.1 Å². The summed E-state index contributed by atoms with van der Waals surface area (Å²) >= 11 is 0. The topological polar surface area (TPSA) is 97.6 Å². The zero-order valence-electron chi connectivity index (χ0n) is 25.5. The van der Waals surface area contributed by atoms with E-state index in [0.29, 0.717) is 37.8 Å². The Morgan fingerprint density at radius 1 is 0.881 bits per heavy atom. The zero-order chi connectivity index (χ0) is 30.1. The Hall–Kier alpha value is -3.53. The van der Waals surface area contributed by atoms with E-state index in [0.717, 1.165) is 57.9 Å². The third kappa shape index (κ3) is 9.24. The summed E-state index contributed by atoms with van der Waals surface area (Å²) < 4.78 is 17.6. The molecule has 2 aromatic carbocycles. The largest absolute Gasteiger partial charge is 0.493 e. The van der Waals surface area contributed by atoms with Crippen LogP contribution in [0.1, 0.15) is 47.0 Å². The molecule has 0 bridgehead atoms. The van der Waals surface area contributed by atoms with Crippen LogP contribution in [0.2, 0.25) is 0 Å². The highest BCUT2D eigenvalue weighted by molar-refractivity contribution is 5.76. The molecule has 0 N–H and O–H groups in total. The van der Waals surface area contributed by atoms with Gasteiger partial charge >= 0.3 is 5.69 Å². The van der Waals surface area contributed by atoms with Gasteiger partial charge < -0.3 is 24.0 Å². The quantitative estimate of drug-likeness (QED) is 0.234. The van der Waals surface area contributed by atoms with Crippen molar-refractivity contribution in [1.29, 1.82) is 0 Å². The lowest BCUT2D eigenvalue weighted by atomic mass is 10.1. The molecular weight excluding hydrogens is 536 g/mol. The van der Waals surface area contributed by atoms with Crippen molar-refractivity contribution in [3.8, 4) is 17.2 Å². The fourth-order valence-electron chi connectivity index (χ4n) is 5.16. The van der Waals surface area contributed by atoms with Gasteiger partial charge in [-0.05, 0) is 42.2 Å². The number of nitrogens with zero attached hydrogens (tertiary/aromatic N) is 4. The first-order valence-electron chi connectivity index (χ1n) is 15.2. The van der Waals surface area contributed by atoms with Crippen LogP contribution < -0.4 is 19.1 Å². The summed E-state index contributed by atoms with van der Waals surface area (Å²) in [6.45, 7) is 15.2. The highest BCUT2D eigenvalue weighted by Gasteiger charge is 2.26. The second kappa shape index (κ2) is 15.1. The van der Waals surface area contributed by atoms with Gasteiger partial charge in [0.2, 0.25) is 11.7 Å². The van der Waals surface area contributed by atoms with Crippen molar-refractivity contribution >= 4 is 17.3 Å². The highest BCUT2D eigenvalue weighted by Crippen LogP contribution is 2.33. The lowest BCUT2D eigenvalue weighted by molar-refractivity contribution is -0.385. The highest BCUT2D eigenvalue weighted by atomic mass is 16.6. The molecule has 230 valence electrons. The van der Waals surface area contributed by atoms with Gasteiger partial charge in [0.1, 0.15) is 17.6 Å². The Balaban J connectivity index is 1.16. The number of carbonyl (C=O) groups is 1. The van der Waals surface area contributed by atoms with E-state index in [4.69, 9.17) is 14.2 Å². The Bertz CT molecular complexity index is 1160. The van der Waals surface area contributed by atoms with E-state index in [-0.39, 0.29) is 29.4 Å². The summed E-state index contributed by atoms with van der Waals surface area (Å²) in [5.74, 6) is 2.63. The van der Waals surface area contributed by atoms with E-state index in [2.05, 4.69) is 35.8 Å². The van der Waals surface area contributed by atoms with Gasteiger partial charge in [-0.2, -0.15) is 0 Å². The van der Waals surface area contributed by atoms with E-state index >= 15 is 0 Å². The Labute approximate surface area is 249 Å². The van der Waals surface area contributed by atoms with Crippen molar-refractivity contribution in [2.24, 2.45) is 11.8 Å². The molecule has 0 spiro atoms. The second-order valence-corrected chi connectivity index (χ2v) is 12.1. The number of ether oxygens (including phenoxy) is 3. The van der Waals surface area contributed by atoms with Crippen molar-refractivity contribution in [3.05, 3.63) is 52.6 Å². The molecule has 0 saturated carbocycles. The molecule has 10 nitrogen and oxygen atoms in total. The van der Waals surface area contributed by atoms with Crippen LogP contribution in [0.4, 0.5) is 11.4 Å². The third-order valence-electron chi connectivity index (χ3n) is 7.60. The molecule has 2 heterocycles. The van der Waals surface area contributed by atoms with E-state index < -0.39 is 4.92 Å². The predicted octanol–water partition coefficient (Wildman–Crippen LogP) is 5.25.